The van der Waals surface area contributed by atoms with Gasteiger partial charge in [-0.3, -0.25) is 9.69 Å². The zero-order valence-electron chi connectivity index (χ0n) is 13.6. The first-order chi connectivity index (χ1) is 10.9. The standard InChI is InChI=1S/C15H24N4O3S/c1-18(2)15(20)13-3-5-14(6-4-13)23(21,22)17-9-12-19-10-7-16-8-11-19/h3-6,16-17H,7-12H2,1-2H3. The second-order valence-electron chi connectivity index (χ2n) is 5.71. The van der Waals surface area contributed by atoms with E-state index in [-0.39, 0.29) is 10.8 Å². The second kappa shape index (κ2) is 7.87. The van der Waals surface area contributed by atoms with Gasteiger partial charge in [-0.05, 0) is 24.3 Å². The van der Waals surface area contributed by atoms with E-state index in [1.54, 1.807) is 14.1 Å². The van der Waals surface area contributed by atoms with Gasteiger partial charge in [0, 0.05) is 58.9 Å². The zero-order chi connectivity index (χ0) is 16.9. The van der Waals surface area contributed by atoms with Crippen LogP contribution in [0.15, 0.2) is 29.2 Å². The van der Waals surface area contributed by atoms with Gasteiger partial charge in [0.05, 0.1) is 4.90 Å². The molecular weight excluding hydrogens is 316 g/mol. The van der Waals surface area contributed by atoms with Crippen molar-refractivity contribution in [1.82, 2.24) is 19.8 Å². The largest absolute Gasteiger partial charge is 0.345 e. The van der Waals surface area contributed by atoms with Crippen LogP contribution in [0, 0.1) is 0 Å². The highest BCUT2D eigenvalue weighted by Gasteiger charge is 2.16. The average molecular weight is 340 g/mol. The van der Waals surface area contributed by atoms with E-state index in [1.807, 2.05) is 0 Å². The number of carbonyl (C=O) groups is 1. The molecule has 1 fully saturated rings. The molecule has 8 heteroatoms. The molecule has 1 aliphatic rings. The van der Waals surface area contributed by atoms with E-state index in [2.05, 4.69) is 14.9 Å². The molecule has 1 aromatic rings. The summed E-state index contributed by atoms with van der Waals surface area (Å²) in [5.41, 5.74) is 0.467. The molecule has 1 heterocycles. The van der Waals surface area contributed by atoms with Crippen LogP contribution in [0.3, 0.4) is 0 Å². The van der Waals surface area contributed by atoms with Crippen LogP contribution >= 0.6 is 0 Å². The summed E-state index contributed by atoms with van der Waals surface area (Å²) in [5, 5.41) is 3.26. The molecule has 0 saturated carbocycles. The summed E-state index contributed by atoms with van der Waals surface area (Å²) in [6, 6.07) is 5.99. The fourth-order valence-corrected chi connectivity index (χ4v) is 3.41. The molecule has 2 rings (SSSR count). The first kappa shape index (κ1) is 17.9. The monoisotopic (exact) mass is 340 g/mol. The predicted octanol–water partition coefficient (Wildman–Crippen LogP) is -0.428. The molecule has 1 aliphatic heterocycles. The van der Waals surface area contributed by atoms with Crippen LogP contribution in [-0.4, -0.2) is 77.5 Å². The number of nitrogens with zero attached hydrogens (tertiary/aromatic N) is 2. The number of carbonyl (C=O) groups excluding carboxylic acids is 1. The fraction of sp³-hybridized carbons (Fsp3) is 0.533. The van der Waals surface area contributed by atoms with Gasteiger partial charge < -0.3 is 10.2 Å². The molecule has 0 atom stereocenters. The molecule has 0 radical (unpaired) electrons. The Morgan fingerprint density at radius 3 is 2.39 bits per heavy atom. The van der Waals surface area contributed by atoms with E-state index in [0.717, 1.165) is 26.2 Å². The molecule has 1 aromatic carbocycles. The maximum atomic E-state index is 12.3. The molecule has 7 nitrogen and oxygen atoms in total. The Labute approximate surface area is 137 Å². The molecule has 1 saturated heterocycles. The highest BCUT2D eigenvalue weighted by molar-refractivity contribution is 7.89. The van der Waals surface area contributed by atoms with Crippen molar-refractivity contribution < 1.29 is 13.2 Å². The van der Waals surface area contributed by atoms with Crippen molar-refractivity contribution in [1.29, 1.82) is 0 Å². The Morgan fingerprint density at radius 1 is 1.22 bits per heavy atom. The van der Waals surface area contributed by atoms with Crippen LogP contribution < -0.4 is 10.0 Å². The van der Waals surface area contributed by atoms with Gasteiger partial charge in [-0.1, -0.05) is 0 Å². The van der Waals surface area contributed by atoms with Crippen molar-refractivity contribution >= 4 is 15.9 Å². The minimum absolute atomic E-state index is 0.152. The van der Waals surface area contributed by atoms with Gasteiger partial charge in [0.1, 0.15) is 0 Å². The summed E-state index contributed by atoms with van der Waals surface area (Å²) in [6.07, 6.45) is 0. The molecule has 0 unspecified atom stereocenters. The summed E-state index contributed by atoms with van der Waals surface area (Å²) in [6.45, 7) is 4.81. The fourth-order valence-electron chi connectivity index (χ4n) is 2.39. The summed E-state index contributed by atoms with van der Waals surface area (Å²) >= 11 is 0. The highest BCUT2D eigenvalue weighted by Crippen LogP contribution is 2.11. The lowest BCUT2D eigenvalue weighted by Gasteiger charge is -2.27. The van der Waals surface area contributed by atoms with Gasteiger partial charge in [0.2, 0.25) is 10.0 Å². The average Bonchev–Trinajstić information content (AvgIpc) is 2.55. The zero-order valence-corrected chi connectivity index (χ0v) is 14.4. The van der Waals surface area contributed by atoms with E-state index < -0.39 is 10.0 Å². The Kier molecular flexibility index (Phi) is 6.11. The molecule has 0 aliphatic carbocycles. The lowest BCUT2D eigenvalue weighted by molar-refractivity contribution is 0.0827. The SMILES string of the molecule is CN(C)C(=O)c1ccc(S(=O)(=O)NCCN2CCNCC2)cc1. The first-order valence-electron chi connectivity index (χ1n) is 7.64. The van der Waals surface area contributed by atoms with Crippen molar-refractivity contribution in [2.24, 2.45) is 0 Å². The van der Waals surface area contributed by atoms with Gasteiger partial charge in [-0.25, -0.2) is 13.1 Å². The third kappa shape index (κ3) is 5.00. The summed E-state index contributed by atoms with van der Waals surface area (Å²) in [4.78, 5) is 15.7. The van der Waals surface area contributed by atoms with Crippen molar-refractivity contribution in [2.45, 2.75) is 4.90 Å². The number of amides is 1. The van der Waals surface area contributed by atoms with E-state index >= 15 is 0 Å². The first-order valence-corrected chi connectivity index (χ1v) is 9.13. The second-order valence-corrected chi connectivity index (χ2v) is 7.48. The van der Waals surface area contributed by atoms with Gasteiger partial charge in [-0.2, -0.15) is 0 Å². The summed E-state index contributed by atoms with van der Waals surface area (Å²) in [7, 11) is -0.226. The van der Waals surface area contributed by atoms with Crippen molar-refractivity contribution in [2.75, 3.05) is 53.4 Å². The molecule has 0 spiro atoms. The normalized spacial score (nSPS) is 16.3. The van der Waals surface area contributed by atoms with Gasteiger partial charge in [-0.15, -0.1) is 0 Å². The number of benzene rings is 1. The molecule has 0 aromatic heterocycles. The minimum Gasteiger partial charge on any atom is -0.345 e. The topological polar surface area (TPSA) is 81.8 Å². The number of rotatable bonds is 6. The van der Waals surface area contributed by atoms with Gasteiger partial charge in [0.25, 0.3) is 5.91 Å². The predicted molar refractivity (Wildman–Crippen MR) is 89.0 cm³/mol. The molecule has 0 bridgehead atoms. The van der Waals surface area contributed by atoms with Crippen LogP contribution in [0.1, 0.15) is 10.4 Å². The number of sulfonamides is 1. The molecule has 23 heavy (non-hydrogen) atoms. The molecule has 2 N–H and O–H groups in total. The van der Waals surface area contributed by atoms with E-state index in [4.69, 9.17) is 0 Å². The molecule has 128 valence electrons. The molecule has 1 amide bonds. The highest BCUT2D eigenvalue weighted by atomic mass is 32.2. The van der Waals surface area contributed by atoms with Crippen LogP contribution in [0.2, 0.25) is 0 Å². The lowest BCUT2D eigenvalue weighted by atomic mass is 10.2. The lowest BCUT2D eigenvalue weighted by Crippen LogP contribution is -2.46. The van der Waals surface area contributed by atoms with Crippen molar-refractivity contribution in [3.05, 3.63) is 29.8 Å². The Hall–Kier alpha value is -1.48. The Balaban J connectivity index is 1.92. The van der Waals surface area contributed by atoms with Gasteiger partial charge in [0.15, 0.2) is 0 Å². The number of hydrogen-bond donors (Lipinski definition) is 2. The third-order valence-corrected chi connectivity index (χ3v) is 5.22. The maximum absolute atomic E-state index is 12.3. The van der Waals surface area contributed by atoms with Crippen LogP contribution in [0.25, 0.3) is 0 Å². The number of nitrogens with one attached hydrogen (secondary N) is 2. The van der Waals surface area contributed by atoms with Crippen molar-refractivity contribution in [3.8, 4) is 0 Å². The van der Waals surface area contributed by atoms with Crippen LogP contribution in [0.4, 0.5) is 0 Å². The van der Waals surface area contributed by atoms with E-state index in [0.29, 0.717) is 18.7 Å². The molecular formula is C15H24N4O3S. The summed E-state index contributed by atoms with van der Waals surface area (Å²) < 4.78 is 27.1. The Morgan fingerprint density at radius 2 is 1.83 bits per heavy atom. The quantitative estimate of drug-likeness (QED) is 0.735. The third-order valence-electron chi connectivity index (χ3n) is 3.75. The minimum atomic E-state index is -3.54. The Bertz CT molecular complexity index is 623. The smallest absolute Gasteiger partial charge is 0.253 e. The van der Waals surface area contributed by atoms with E-state index in [1.165, 1.54) is 29.2 Å². The van der Waals surface area contributed by atoms with Gasteiger partial charge >= 0.3 is 0 Å². The van der Waals surface area contributed by atoms with Crippen LogP contribution in [-0.2, 0) is 10.0 Å². The number of hydrogen-bond acceptors (Lipinski definition) is 5. The van der Waals surface area contributed by atoms with E-state index in [9.17, 15) is 13.2 Å². The summed E-state index contributed by atoms with van der Waals surface area (Å²) in [5.74, 6) is -0.152. The van der Waals surface area contributed by atoms with Crippen LogP contribution in [0.5, 0.6) is 0 Å². The number of piperazine rings is 1. The maximum Gasteiger partial charge on any atom is 0.253 e. The van der Waals surface area contributed by atoms with Crippen molar-refractivity contribution in [3.63, 3.8) is 0 Å².